The smallest absolute Gasteiger partial charge is 0.157 e. The van der Waals surface area contributed by atoms with E-state index in [-0.39, 0.29) is 0 Å². The van der Waals surface area contributed by atoms with Crippen LogP contribution in [0.1, 0.15) is 38.5 Å². The summed E-state index contributed by atoms with van der Waals surface area (Å²) in [5.74, 6) is 0. The molecule has 2 atom stereocenters. The van der Waals surface area contributed by atoms with Crippen molar-refractivity contribution in [3.05, 3.63) is 25.3 Å². The minimum absolute atomic E-state index is 0.532. The van der Waals surface area contributed by atoms with E-state index in [9.17, 15) is 10.2 Å². The van der Waals surface area contributed by atoms with Crippen molar-refractivity contribution in [1.29, 1.82) is 0 Å². The lowest BCUT2D eigenvalue weighted by molar-refractivity contribution is -0.211. The lowest BCUT2D eigenvalue weighted by atomic mass is 10.2. The van der Waals surface area contributed by atoms with Crippen LogP contribution in [0.4, 0.5) is 0 Å². The van der Waals surface area contributed by atoms with Gasteiger partial charge < -0.3 is 14.9 Å². The molecule has 0 bridgehead atoms. The van der Waals surface area contributed by atoms with Gasteiger partial charge in [0.1, 0.15) is 0 Å². The van der Waals surface area contributed by atoms with Crippen LogP contribution in [0.25, 0.3) is 0 Å². The monoisotopic (exact) mass is 214 g/mol. The van der Waals surface area contributed by atoms with Gasteiger partial charge in [-0.3, -0.25) is 0 Å². The van der Waals surface area contributed by atoms with Gasteiger partial charge in [0.15, 0.2) is 12.6 Å². The molecule has 0 aliphatic carbocycles. The second-order valence-electron chi connectivity index (χ2n) is 3.48. The third kappa shape index (κ3) is 9.66. The number of aliphatic hydroxyl groups excluding tert-OH is 2. The predicted octanol–water partition coefficient (Wildman–Crippen LogP) is 2.35. The zero-order valence-electron chi connectivity index (χ0n) is 9.27. The predicted molar refractivity (Wildman–Crippen MR) is 61.2 cm³/mol. The van der Waals surface area contributed by atoms with Gasteiger partial charge in [0, 0.05) is 0 Å². The fraction of sp³-hybridized carbons (Fsp3) is 0.667. The molecular formula is C12H22O3. The fourth-order valence-corrected chi connectivity index (χ4v) is 1.19. The first-order valence-electron chi connectivity index (χ1n) is 5.44. The van der Waals surface area contributed by atoms with E-state index in [0.29, 0.717) is 12.8 Å². The summed E-state index contributed by atoms with van der Waals surface area (Å²) in [6.07, 6.45) is 6.27. The molecule has 0 fully saturated rings. The molecule has 0 aliphatic heterocycles. The van der Waals surface area contributed by atoms with E-state index in [0.717, 1.165) is 25.7 Å². The quantitative estimate of drug-likeness (QED) is 0.333. The first kappa shape index (κ1) is 14.4. The maximum atomic E-state index is 9.37. The molecule has 0 saturated carbocycles. The van der Waals surface area contributed by atoms with Gasteiger partial charge in [-0.05, 0) is 38.5 Å². The van der Waals surface area contributed by atoms with Crippen LogP contribution < -0.4 is 0 Å². The minimum atomic E-state index is -0.872. The second kappa shape index (κ2) is 9.90. The van der Waals surface area contributed by atoms with Gasteiger partial charge in [-0.15, -0.1) is 13.2 Å². The van der Waals surface area contributed by atoms with Crippen molar-refractivity contribution in [2.45, 2.75) is 51.1 Å². The van der Waals surface area contributed by atoms with E-state index in [2.05, 4.69) is 13.2 Å². The molecule has 0 aliphatic rings. The number of allylic oxidation sites excluding steroid dienone is 2. The summed E-state index contributed by atoms with van der Waals surface area (Å²) in [4.78, 5) is 0. The second-order valence-corrected chi connectivity index (χ2v) is 3.48. The van der Waals surface area contributed by atoms with Crippen molar-refractivity contribution in [3.8, 4) is 0 Å². The lowest BCUT2D eigenvalue weighted by Gasteiger charge is -2.16. The average Bonchev–Trinajstić information content (AvgIpc) is 2.18. The Bertz CT molecular complexity index is 150. The highest BCUT2D eigenvalue weighted by Gasteiger charge is 2.10. The molecule has 2 N–H and O–H groups in total. The number of aliphatic hydroxyl groups is 2. The summed E-state index contributed by atoms with van der Waals surface area (Å²) < 4.78 is 4.99. The SMILES string of the molecule is C=CCCCC(O)OC(O)CCCC=C. The van der Waals surface area contributed by atoms with Crippen LogP contribution in [-0.4, -0.2) is 22.8 Å². The van der Waals surface area contributed by atoms with Gasteiger partial charge in [-0.25, -0.2) is 0 Å². The standard InChI is InChI=1S/C12H22O3/c1-3-5-7-9-11(13)15-12(14)10-8-6-4-2/h3-4,11-14H,1-2,5-10H2. The zero-order chi connectivity index (χ0) is 11.5. The molecule has 0 saturated heterocycles. The first-order chi connectivity index (χ1) is 7.20. The van der Waals surface area contributed by atoms with Crippen molar-refractivity contribution < 1.29 is 14.9 Å². The van der Waals surface area contributed by atoms with Gasteiger partial charge in [0.25, 0.3) is 0 Å². The molecule has 3 heteroatoms. The van der Waals surface area contributed by atoms with Crippen molar-refractivity contribution in [1.82, 2.24) is 0 Å². The van der Waals surface area contributed by atoms with Gasteiger partial charge in [0.2, 0.25) is 0 Å². The number of hydrogen-bond donors (Lipinski definition) is 2. The molecule has 88 valence electrons. The van der Waals surface area contributed by atoms with E-state index < -0.39 is 12.6 Å². The number of hydrogen-bond acceptors (Lipinski definition) is 3. The number of rotatable bonds is 10. The average molecular weight is 214 g/mol. The molecule has 2 unspecified atom stereocenters. The molecule has 0 aromatic heterocycles. The van der Waals surface area contributed by atoms with Crippen molar-refractivity contribution >= 4 is 0 Å². The molecule has 15 heavy (non-hydrogen) atoms. The Labute approximate surface area is 92.1 Å². The van der Waals surface area contributed by atoms with Crippen molar-refractivity contribution in [2.75, 3.05) is 0 Å². The Kier molecular flexibility index (Phi) is 9.48. The summed E-state index contributed by atoms with van der Waals surface area (Å²) in [5, 5.41) is 18.7. The van der Waals surface area contributed by atoms with Crippen molar-refractivity contribution in [3.63, 3.8) is 0 Å². The molecule has 0 aromatic carbocycles. The lowest BCUT2D eigenvalue weighted by Crippen LogP contribution is -2.21. The highest BCUT2D eigenvalue weighted by atomic mass is 16.7. The Balaban J connectivity index is 3.43. The summed E-state index contributed by atoms with van der Waals surface area (Å²) in [5.41, 5.74) is 0. The molecule has 0 heterocycles. The Morgan fingerprint density at radius 1 is 0.933 bits per heavy atom. The normalized spacial score (nSPS) is 14.5. The minimum Gasteiger partial charge on any atom is -0.368 e. The third-order valence-corrected chi connectivity index (χ3v) is 2.03. The maximum absolute atomic E-state index is 9.37. The zero-order valence-corrected chi connectivity index (χ0v) is 9.27. The molecule has 0 rings (SSSR count). The van der Waals surface area contributed by atoms with Crippen LogP contribution in [0, 0.1) is 0 Å². The van der Waals surface area contributed by atoms with Gasteiger partial charge in [-0.1, -0.05) is 12.2 Å². The van der Waals surface area contributed by atoms with E-state index in [1.54, 1.807) is 12.2 Å². The molecule has 0 amide bonds. The fourth-order valence-electron chi connectivity index (χ4n) is 1.19. The van der Waals surface area contributed by atoms with E-state index in [1.165, 1.54) is 0 Å². The highest BCUT2D eigenvalue weighted by Crippen LogP contribution is 2.08. The summed E-state index contributed by atoms with van der Waals surface area (Å²) in [6.45, 7) is 7.17. The van der Waals surface area contributed by atoms with Gasteiger partial charge in [0.05, 0.1) is 0 Å². The molecule has 0 radical (unpaired) electrons. The van der Waals surface area contributed by atoms with Crippen LogP contribution in [0.2, 0.25) is 0 Å². The van der Waals surface area contributed by atoms with Gasteiger partial charge in [-0.2, -0.15) is 0 Å². The topological polar surface area (TPSA) is 49.7 Å². The van der Waals surface area contributed by atoms with Crippen LogP contribution in [-0.2, 0) is 4.74 Å². The number of unbranched alkanes of at least 4 members (excludes halogenated alkanes) is 2. The van der Waals surface area contributed by atoms with E-state index in [4.69, 9.17) is 4.74 Å². The molecular weight excluding hydrogens is 192 g/mol. The first-order valence-corrected chi connectivity index (χ1v) is 5.44. The van der Waals surface area contributed by atoms with E-state index >= 15 is 0 Å². The Morgan fingerprint density at radius 3 is 1.67 bits per heavy atom. The maximum Gasteiger partial charge on any atom is 0.157 e. The molecule has 3 nitrogen and oxygen atoms in total. The van der Waals surface area contributed by atoms with Crippen LogP contribution in [0.3, 0.4) is 0 Å². The van der Waals surface area contributed by atoms with Crippen LogP contribution >= 0.6 is 0 Å². The molecule has 0 spiro atoms. The Morgan fingerprint density at radius 2 is 1.33 bits per heavy atom. The third-order valence-electron chi connectivity index (χ3n) is 2.03. The largest absolute Gasteiger partial charge is 0.368 e. The number of ether oxygens (including phenoxy) is 1. The van der Waals surface area contributed by atoms with Gasteiger partial charge >= 0.3 is 0 Å². The van der Waals surface area contributed by atoms with Crippen molar-refractivity contribution in [2.24, 2.45) is 0 Å². The molecule has 0 aromatic rings. The summed E-state index contributed by atoms with van der Waals surface area (Å²) in [6, 6.07) is 0. The van der Waals surface area contributed by atoms with E-state index in [1.807, 2.05) is 0 Å². The summed E-state index contributed by atoms with van der Waals surface area (Å²) >= 11 is 0. The van der Waals surface area contributed by atoms with Crippen LogP contribution in [0.5, 0.6) is 0 Å². The Hall–Kier alpha value is -0.640. The summed E-state index contributed by atoms with van der Waals surface area (Å²) in [7, 11) is 0. The highest BCUT2D eigenvalue weighted by molar-refractivity contribution is 4.67. The van der Waals surface area contributed by atoms with Crippen LogP contribution in [0.15, 0.2) is 25.3 Å².